The van der Waals surface area contributed by atoms with Crippen LogP contribution in [0.5, 0.6) is 0 Å². The highest BCUT2D eigenvalue weighted by Crippen LogP contribution is 2.29. The third kappa shape index (κ3) is 5.18. The van der Waals surface area contributed by atoms with E-state index in [4.69, 9.17) is 5.73 Å². The first-order chi connectivity index (χ1) is 15.2. The molecule has 4 nitrogen and oxygen atoms in total. The third-order valence-electron chi connectivity index (χ3n) is 6.33. The molecule has 0 radical (unpaired) electrons. The Morgan fingerprint density at radius 3 is 2.44 bits per heavy atom. The van der Waals surface area contributed by atoms with E-state index in [9.17, 15) is 13.6 Å². The first-order valence-electron chi connectivity index (χ1n) is 11.3. The Morgan fingerprint density at radius 2 is 1.81 bits per heavy atom. The summed E-state index contributed by atoms with van der Waals surface area (Å²) in [5.74, 6) is -0.194. The number of nitrogens with two attached hydrogens (primary N) is 1. The summed E-state index contributed by atoms with van der Waals surface area (Å²) in [5.41, 5.74) is 7.45. The van der Waals surface area contributed by atoms with Crippen LogP contribution in [0.2, 0.25) is 0 Å². The maximum Gasteiger partial charge on any atom is 0.248 e. The SMILES string of the molecule is CC(C)(F)CN1CCC(Cn2cc(Cc3ccc(C(N)=O)cc3)c3c(F)cccc32)CC1. The number of piperidine rings is 1. The van der Waals surface area contributed by atoms with E-state index in [2.05, 4.69) is 15.7 Å². The Hall–Kier alpha value is -2.73. The molecule has 1 amide bonds. The van der Waals surface area contributed by atoms with Crippen molar-refractivity contribution in [3.8, 4) is 0 Å². The minimum Gasteiger partial charge on any atom is -0.366 e. The number of carbonyl (C=O) groups excluding carboxylic acids is 1. The largest absolute Gasteiger partial charge is 0.366 e. The molecule has 2 heterocycles. The zero-order valence-electron chi connectivity index (χ0n) is 18.8. The Balaban J connectivity index is 1.52. The van der Waals surface area contributed by atoms with E-state index in [1.54, 1.807) is 32.0 Å². The highest BCUT2D eigenvalue weighted by atomic mass is 19.1. The molecule has 1 fully saturated rings. The number of hydrogen-bond donors (Lipinski definition) is 1. The number of hydrogen-bond acceptors (Lipinski definition) is 2. The quantitative estimate of drug-likeness (QED) is 0.568. The summed E-state index contributed by atoms with van der Waals surface area (Å²) in [6.07, 6.45) is 4.66. The van der Waals surface area contributed by atoms with Crippen LogP contribution in [-0.4, -0.2) is 40.7 Å². The molecule has 0 unspecified atom stereocenters. The van der Waals surface area contributed by atoms with Crippen molar-refractivity contribution in [2.24, 2.45) is 11.7 Å². The lowest BCUT2D eigenvalue weighted by molar-refractivity contribution is 0.0928. The topological polar surface area (TPSA) is 51.3 Å². The summed E-state index contributed by atoms with van der Waals surface area (Å²) in [5, 5.41) is 0.656. The summed E-state index contributed by atoms with van der Waals surface area (Å²) in [4.78, 5) is 13.5. The van der Waals surface area contributed by atoms with Crippen molar-refractivity contribution >= 4 is 16.8 Å². The van der Waals surface area contributed by atoms with Crippen LogP contribution in [0.3, 0.4) is 0 Å². The molecule has 1 aliphatic rings. The van der Waals surface area contributed by atoms with Crippen LogP contribution in [0.15, 0.2) is 48.7 Å². The van der Waals surface area contributed by atoms with E-state index in [0.29, 0.717) is 29.8 Å². The molecule has 0 saturated carbocycles. The monoisotopic (exact) mass is 439 g/mol. The molecule has 1 aliphatic heterocycles. The zero-order valence-corrected chi connectivity index (χ0v) is 18.8. The Bertz CT molecular complexity index is 1090. The van der Waals surface area contributed by atoms with E-state index >= 15 is 0 Å². The van der Waals surface area contributed by atoms with Crippen LogP contribution in [0.1, 0.15) is 48.2 Å². The Labute approximate surface area is 188 Å². The lowest BCUT2D eigenvalue weighted by Gasteiger charge is -2.34. The van der Waals surface area contributed by atoms with Gasteiger partial charge in [0.25, 0.3) is 0 Å². The molecule has 0 atom stereocenters. The second-order valence-corrected chi connectivity index (χ2v) is 9.62. The lowest BCUT2D eigenvalue weighted by atomic mass is 9.95. The van der Waals surface area contributed by atoms with Crippen LogP contribution in [0, 0.1) is 11.7 Å². The van der Waals surface area contributed by atoms with Gasteiger partial charge in [-0.25, -0.2) is 8.78 Å². The normalized spacial score (nSPS) is 16.0. The average Bonchev–Trinajstić information content (AvgIpc) is 3.07. The second kappa shape index (κ2) is 9.02. The molecule has 0 aliphatic carbocycles. The van der Waals surface area contributed by atoms with Crippen LogP contribution in [-0.2, 0) is 13.0 Å². The van der Waals surface area contributed by atoms with Gasteiger partial charge < -0.3 is 15.2 Å². The number of primary amides is 1. The van der Waals surface area contributed by atoms with E-state index in [-0.39, 0.29) is 5.82 Å². The summed E-state index contributed by atoms with van der Waals surface area (Å²) in [6, 6.07) is 12.4. The molecular formula is C26H31F2N3O. The fraction of sp³-hybridized carbons (Fsp3) is 0.423. The van der Waals surface area contributed by atoms with Crippen LogP contribution in [0.4, 0.5) is 8.78 Å². The zero-order chi connectivity index (χ0) is 22.9. The Kier molecular flexibility index (Phi) is 6.33. The van der Waals surface area contributed by atoms with Crippen molar-refractivity contribution in [1.29, 1.82) is 0 Å². The standard InChI is InChI=1S/C26H31F2N3O/c1-26(2,28)17-30-12-10-19(11-13-30)15-31-16-21(24-22(27)4-3-5-23(24)31)14-18-6-8-20(9-7-18)25(29)32/h3-9,16,19H,10-15,17H2,1-2H3,(H2,29,32). The third-order valence-corrected chi connectivity index (χ3v) is 6.33. The molecular weight excluding hydrogens is 408 g/mol. The van der Waals surface area contributed by atoms with Gasteiger partial charge in [-0.15, -0.1) is 0 Å². The molecule has 32 heavy (non-hydrogen) atoms. The number of fused-ring (bicyclic) bond motifs is 1. The van der Waals surface area contributed by atoms with Gasteiger partial charge in [0.05, 0.1) is 5.52 Å². The second-order valence-electron chi connectivity index (χ2n) is 9.62. The van der Waals surface area contributed by atoms with E-state index in [0.717, 1.165) is 49.1 Å². The molecule has 2 N–H and O–H groups in total. The van der Waals surface area contributed by atoms with Crippen molar-refractivity contribution in [3.63, 3.8) is 0 Å². The van der Waals surface area contributed by atoms with Gasteiger partial charge in [-0.1, -0.05) is 18.2 Å². The molecule has 6 heteroatoms. The van der Waals surface area contributed by atoms with Gasteiger partial charge in [-0.3, -0.25) is 4.79 Å². The maximum atomic E-state index is 14.8. The molecule has 4 rings (SSSR count). The minimum absolute atomic E-state index is 0.218. The van der Waals surface area contributed by atoms with Crippen molar-refractivity contribution in [3.05, 3.63) is 71.2 Å². The van der Waals surface area contributed by atoms with Crippen molar-refractivity contribution in [2.75, 3.05) is 19.6 Å². The molecule has 0 spiro atoms. The van der Waals surface area contributed by atoms with Gasteiger partial charge in [0.1, 0.15) is 11.5 Å². The molecule has 170 valence electrons. The van der Waals surface area contributed by atoms with Crippen LogP contribution in [0.25, 0.3) is 10.9 Å². The molecule has 2 aromatic carbocycles. The number of alkyl halides is 1. The van der Waals surface area contributed by atoms with Crippen LogP contribution < -0.4 is 5.73 Å². The van der Waals surface area contributed by atoms with Gasteiger partial charge in [-0.2, -0.15) is 0 Å². The number of nitrogens with zero attached hydrogens (tertiary/aromatic N) is 2. The lowest BCUT2D eigenvalue weighted by Crippen LogP contribution is -2.41. The number of benzene rings is 2. The van der Waals surface area contributed by atoms with Crippen LogP contribution >= 0.6 is 0 Å². The maximum absolute atomic E-state index is 14.8. The first-order valence-corrected chi connectivity index (χ1v) is 11.3. The van der Waals surface area contributed by atoms with Crippen molar-refractivity contribution < 1.29 is 13.6 Å². The summed E-state index contributed by atoms with van der Waals surface area (Å²) in [6.45, 7) is 6.34. The molecule has 3 aromatic rings. The van der Waals surface area contributed by atoms with Gasteiger partial charge >= 0.3 is 0 Å². The number of carbonyl (C=O) groups is 1. The molecule has 1 aromatic heterocycles. The van der Waals surface area contributed by atoms with Gasteiger partial charge in [0, 0.05) is 30.2 Å². The Morgan fingerprint density at radius 1 is 1.12 bits per heavy atom. The van der Waals surface area contributed by atoms with E-state index < -0.39 is 11.6 Å². The van der Waals surface area contributed by atoms with Gasteiger partial charge in [0.15, 0.2) is 0 Å². The predicted molar refractivity (Wildman–Crippen MR) is 124 cm³/mol. The fourth-order valence-electron chi connectivity index (χ4n) is 4.82. The highest BCUT2D eigenvalue weighted by Gasteiger charge is 2.26. The number of amides is 1. The summed E-state index contributed by atoms with van der Waals surface area (Å²) in [7, 11) is 0. The number of aromatic nitrogens is 1. The van der Waals surface area contributed by atoms with E-state index in [1.165, 1.54) is 6.07 Å². The summed E-state index contributed by atoms with van der Waals surface area (Å²) < 4.78 is 30.9. The predicted octanol–water partition coefficient (Wildman–Crippen LogP) is 4.93. The first kappa shape index (κ1) is 22.5. The molecule has 0 bridgehead atoms. The van der Waals surface area contributed by atoms with Crippen molar-refractivity contribution in [1.82, 2.24) is 9.47 Å². The van der Waals surface area contributed by atoms with E-state index in [1.807, 2.05) is 18.2 Å². The number of rotatable bonds is 7. The number of likely N-dealkylation sites (tertiary alicyclic amines) is 1. The average molecular weight is 440 g/mol. The molecule has 1 saturated heterocycles. The van der Waals surface area contributed by atoms with Gasteiger partial charge in [0.2, 0.25) is 5.91 Å². The number of halogens is 2. The van der Waals surface area contributed by atoms with Crippen molar-refractivity contribution in [2.45, 2.75) is 45.3 Å². The summed E-state index contributed by atoms with van der Waals surface area (Å²) >= 11 is 0. The smallest absolute Gasteiger partial charge is 0.248 e. The minimum atomic E-state index is -1.18. The highest BCUT2D eigenvalue weighted by molar-refractivity contribution is 5.92. The fourth-order valence-corrected chi connectivity index (χ4v) is 4.82. The van der Waals surface area contributed by atoms with Gasteiger partial charge in [-0.05, 0) is 87.5 Å².